The SMILES string of the molecule is CC1CCCC(C(O)c2cccc(N)c2)C1. The number of nitrogen functional groups attached to an aromatic ring is 1. The summed E-state index contributed by atoms with van der Waals surface area (Å²) in [6.07, 6.45) is 4.48. The lowest BCUT2D eigenvalue weighted by molar-refractivity contribution is 0.0714. The van der Waals surface area contributed by atoms with E-state index in [0.29, 0.717) is 5.92 Å². The van der Waals surface area contributed by atoms with Crippen molar-refractivity contribution >= 4 is 5.69 Å². The second-order valence-corrected chi connectivity index (χ2v) is 5.15. The molecule has 2 heteroatoms. The van der Waals surface area contributed by atoms with Gasteiger partial charge in [-0.15, -0.1) is 0 Å². The number of rotatable bonds is 2. The van der Waals surface area contributed by atoms with Gasteiger partial charge in [0.25, 0.3) is 0 Å². The standard InChI is InChI=1S/C14H21NO/c1-10-4-2-5-11(8-10)14(16)12-6-3-7-13(15)9-12/h3,6-7,9-11,14,16H,2,4-5,8,15H2,1H3. The molecule has 0 amide bonds. The van der Waals surface area contributed by atoms with Gasteiger partial charge in [0, 0.05) is 5.69 Å². The van der Waals surface area contributed by atoms with Crippen molar-refractivity contribution in [1.29, 1.82) is 0 Å². The summed E-state index contributed by atoms with van der Waals surface area (Å²) < 4.78 is 0. The highest BCUT2D eigenvalue weighted by molar-refractivity contribution is 5.41. The molecule has 1 aromatic rings. The molecule has 0 bridgehead atoms. The number of benzene rings is 1. The summed E-state index contributed by atoms with van der Waals surface area (Å²) >= 11 is 0. The van der Waals surface area contributed by atoms with Gasteiger partial charge < -0.3 is 10.8 Å². The Morgan fingerprint density at radius 3 is 2.88 bits per heavy atom. The lowest BCUT2D eigenvalue weighted by atomic mass is 9.78. The average Bonchev–Trinajstić information content (AvgIpc) is 2.28. The fraction of sp³-hybridized carbons (Fsp3) is 0.571. The monoisotopic (exact) mass is 219 g/mol. The number of anilines is 1. The number of hydrogen-bond acceptors (Lipinski definition) is 2. The van der Waals surface area contributed by atoms with Crippen LogP contribution in [0.2, 0.25) is 0 Å². The molecule has 1 aromatic carbocycles. The summed E-state index contributed by atoms with van der Waals surface area (Å²) in [7, 11) is 0. The molecule has 1 saturated carbocycles. The van der Waals surface area contributed by atoms with E-state index >= 15 is 0 Å². The van der Waals surface area contributed by atoms with Gasteiger partial charge in [0.05, 0.1) is 6.10 Å². The third kappa shape index (κ3) is 2.56. The van der Waals surface area contributed by atoms with Crippen LogP contribution in [-0.2, 0) is 0 Å². The van der Waals surface area contributed by atoms with Crippen LogP contribution in [0.25, 0.3) is 0 Å². The first-order valence-electron chi connectivity index (χ1n) is 6.20. The van der Waals surface area contributed by atoms with Gasteiger partial charge in [-0.1, -0.05) is 31.9 Å². The van der Waals surface area contributed by atoms with Crippen molar-refractivity contribution in [3.05, 3.63) is 29.8 Å². The first-order valence-corrected chi connectivity index (χ1v) is 6.20. The number of aliphatic hydroxyl groups is 1. The quantitative estimate of drug-likeness (QED) is 0.751. The molecule has 3 unspecified atom stereocenters. The maximum Gasteiger partial charge on any atom is 0.0819 e. The van der Waals surface area contributed by atoms with E-state index in [1.807, 2.05) is 24.3 Å². The van der Waals surface area contributed by atoms with E-state index < -0.39 is 0 Å². The Kier molecular flexibility index (Phi) is 3.49. The number of aliphatic hydroxyl groups excluding tert-OH is 1. The molecule has 1 aliphatic carbocycles. The van der Waals surface area contributed by atoms with Crippen LogP contribution in [-0.4, -0.2) is 5.11 Å². The first kappa shape index (κ1) is 11.5. The van der Waals surface area contributed by atoms with Gasteiger partial charge in [0.15, 0.2) is 0 Å². The summed E-state index contributed by atoms with van der Waals surface area (Å²) in [6, 6.07) is 7.64. The van der Waals surface area contributed by atoms with E-state index in [4.69, 9.17) is 5.73 Å². The number of hydrogen-bond donors (Lipinski definition) is 2. The fourth-order valence-electron chi connectivity index (χ4n) is 2.78. The van der Waals surface area contributed by atoms with Crippen molar-refractivity contribution in [2.24, 2.45) is 11.8 Å². The van der Waals surface area contributed by atoms with Crippen LogP contribution in [0.3, 0.4) is 0 Å². The average molecular weight is 219 g/mol. The largest absolute Gasteiger partial charge is 0.399 e. The van der Waals surface area contributed by atoms with Crippen molar-refractivity contribution in [3.8, 4) is 0 Å². The van der Waals surface area contributed by atoms with Crippen LogP contribution in [0.4, 0.5) is 5.69 Å². The molecule has 0 saturated heterocycles. The maximum absolute atomic E-state index is 10.3. The molecular formula is C14H21NO. The van der Waals surface area contributed by atoms with Gasteiger partial charge in [-0.25, -0.2) is 0 Å². The smallest absolute Gasteiger partial charge is 0.0819 e. The molecule has 0 heterocycles. The van der Waals surface area contributed by atoms with Crippen molar-refractivity contribution in [2.45, 2.75) is 38.7 Å². The Morgan fingerprint density at radius 1 is 1.38 bits per heavy atom. The van der Waals surface area contributed by atoms with Gasteiger partial charge in [-0.2, -0.15) is 0 Å². The highest BCUT2D eigenvalue weighted by atomic mass is 16.3. The van der Waals surface area contributed by atoms with E-state index in [2.05, 4.69) is 6.92 Å². The summed E-state index contributed by atoms with van der Waals surface area (Å²) in [5.41, 5.74) is 7.45. The highest BCUT2D eigenvalue weighted by Crippen LogP contribution is 2.37. The van der Waals surface area contributed by atoms with E-state index in [0.717, 1.165) is 30.0 Å². The van der Waals surface area contributed by atoms with Crippen LogP contribution >= 0.6 is 0 Å². The second kappa shape index (κ2) is 4.88. The van der Waals surface area contributed by atoms with E-state index in [1.165, 1.54) is 12.8 Å². The molecule has 0 spiro atoms. The molecular weight excluding hydrogens is 198 g/mol. The van der Waals surface area contributed by atoms with Gasteiger partial charge in [-0.3, -0.25) is 0 Å². The Hall–Kier alpha value is -1.02. The van der Waals surface area contributed by atoms with E-state index in [1.54, 1.807) is 0 Å². The molecule has 2 rings (SSSR count). The summed E-state index contributed by atoms with van der Waals surface area (Å²) in [6.45, 7) is 2.28. The Morgan fingerprint density at radius 2 is 2.19 bits per heavy atom. The van der Waals surface area contributed by atoms with Crippen molar-refractivity contribution in [2.75, 3.05) is 5.73 Å². The van der Waals surface area contributed by atoms with Crippen LogP contribution in [0.5, 0.6) is 0 Å². The van der Waals surface area contributed by atoms with Crippen LogP contribution < -0.4 is 5.73 Å². The van der Waals surface area contributed by atoms with Crippen molar-refractivity contribution < 1.29 is 5.11 Å². The molecule has 1 fully saturated rings. The van der Waals surface area contributed by atoms with Gasteiger partial charge in [0.1, 0.15) is 0 Å². The minimum Gasteiger partial charge on any atom is -0.399 e. The van der Waals surface area contributed by atoms with E-state index in [-0.39, 0.29) is 6.10 Å². The molecule has 88 valence electrons. The summed E-state index contributed by atoms with van der Waals surface area (Å²) in [5.74, 6) is 1.15. The summed E-state index contributed by atoms with van der Waals surface area (Å²) in [4.78, 5) is 0. The number of nitrogens with two attached hydrogens (primary N) is 1. The molecule has 3 N–H and O–H groups in total. The lowest BCUT2D eigenvalue weighted by Crippen LogP contribution is -2.20. The Labute approximate surface area is 97.5 Å². The molecule has 3 atom stereocenters. The highest BCUT2D eigenvalue weighted by Gasteiger charge is 2.26. The molecule has 0 aromatic heterocycles. The maximum atomic E-state index is 10.3. The molecule has 0 aliphatic heterocycles. The lowest BCUT2D eigenvalue weighted by Gasteiger charge is -2.30. The fourth-order valence-corrected chi connectivity index (χ4v) is 2.78. The van der Waals surface area contributed by atoms with Crippen LogP contribution in [0.1, 0.15) is 44.3 Å². The Balaban J connectivity index is 2.09. The zero-order chi connectivity index (χ0) is 11.5. The second-order valence-electron chi connectivity index (χ2n) is 5.15. The first-order chi connectivity index (χ1) is 7.66. The minimum absolute atomic E-state index is 0.341. The van der Waals surface area contributed by atoms with Gasteiger partial charge in [0.2, 0.25) is 0 Å². The predicted octanol–water partition coefficient (Wildman–Crippen LogP) is 3.13. The summed E-state index contributed by atoms with van der Waals surface area (Å²) in [5, 5.41) is 10.3. The predicted molar refractivity (Wildman–Crippen MR) is 66.9 cm³/mol. The van der Waals surface area contributed by atoms with E-state index in [9.17, 15) is 5.11 Å². The van der Waals surface area contributed by atoms with Crippen LogP contribution in [0.15, 0.2) is 24.3 Å². The van der Waals surface area contributed by atoms with Crippen molar-refractivity contribution in [3.63, 3.8) is 0 Å². The molecule has 1 aliphatic rings. The molecule has 0 radical (unpaired) electrons. The van der Waals surface area contributed by atoms with Crippen LogP contribution in [0, 0.1) is 11.8 Å². The van der Waals surface area contributed by atoms with Gasteiger partial charge in [-0.05, 0) is 42.4 Å². The third-order valence-electron chi connectivity index (χ3n) is 3.68. The molecule has 16 heavy (non-hydrogen) atoms. The van der Waals surface area contributed by atoms with Crippen molar-refractivity contribution in [1.82, 2.24) is 0 Å². The topological polar surface area (TPSA) is 46.2 Å². The zero-order valence-corrected chi connectivity index (χ0v) is 9.89. The minimum atomic E-state index is -0.341. The molecule has 2 nitrogen and oxygen atoms in total. The van der Waals surface area contributed by atoms with Gasteiger partial charge >= 0.3 is 0 Å². The zero-order valence-electron chi connectivity index (χ0n) is 9.89. The third-order valence-corrected chi connectivity index (χ3v) is 3.68. The Bertz CT molecular complexity index is 350. The normalized spacial score (nSPS) is 27.6.